The normalized spacial score (nSPS) is 32.0. The van der Waals surface area contributed by atoms with Crippen LogP contribution in [-0.4, -0.2) is 29.9 Å². The van der Waals surface area contributed by atoms with E-state index in [0.29, 0.717) is 13.1 Å². The highest BCUT2D eigenvalue weighted by atomic mass is 16.4. The van der Waals surface area contributed by atoms with Gasteiger partial charge >= 0.3 is 0 Å². The molecule has 2 aliphatic rings. The summed E-state index contributed by atoms with van der Waals surface area (Å²) in [5, 5.41) is 11.3. The Balaban J connectivity index is 2.18. The molecule has 104 valence electrons. The molecular weight excluding hydrogens is 242 g/mol. The first-order valence-electron chi connectivity index (χ1n) is 6.81. The molecule has 19 heavy (non-hydrogen) atoms. The Bertz CT molecular complexity index is 394. The smallest absolute Gasteiger partial charge is 0.227 e. The maximum absolute atomic E-state index is 12.6. The summed E-state index contributed by atoms with van der Waals surface area (Å²) in [6.07, 6.45) is 6.03. The van der Waals surface area contributed by atoms with Crippen molar-refractivity contribution in [3.63, 3.8) is 0 Å². The molecule has 1 amide bonds. The predicted molar refractivity (Wildman–Crippen MR) is 69.8 cm³/mol. The van der Waals surface area contributed by atoms with E-state index in [1.165, 1.54) is 0 Å². The number of carboxylic acids is 1. The van der Waals surface area contributed by atoms with Gasteiger partial charge in [-0.05, 0) is 31.1 Å². The zero-order chi connectivity index (χ0) is 14.0. The Hall–Kier alpha value is -1.58. The van der Waals surface area contributed by atoms with E-state index in [0.717, 1.165) is 19.3 Å². The number of aliphatic carboxylic acids is 1. The minimum Gasteiger partial charge on any atom is -0.550 e. The average Bonchev–Trinajstić information content (AvgIpc) is 2.97. The first-order valence-corrected chi connectivity index (χ1v) is 6.81. The Labute approximate surface area is 113 Å². The molecule has 2 fully saturated rings. The fourth-order valence-electron chi connectivity index (χ4n) is 3.76. The van der Waals surface area contributed by atoms with Crippen LogP contribution in [0.5, 0.6) is 0 Å². The summed E-state index contributed by atoms with van der Waals surface area (Å²) in [5.74, 6) is -1.84. The van der Waals surface area contributed by atoms with E-state index in [4.69, 9.17) is 0 Å². The molecule has 4 nitrogen and oxygen atoms in total. The van der Waals surface area contributed by atoms with Gasteiger partial charge in [0.1, 0.15) is 0 Å². The molecule has 0 N–H and O–H groups in total. The lowest BCUT2D eigenvalue weighted by molar-refractivity contribution is -0.314. The third-order valence-corrected chi connectivity index (χ3v) is 4.48. The van der Waals surface area contributed by atoms with Crippen molar-refractivity contribution in [3.05, 3.63) is 25.3 Å². The van der Waals surface area contributed by atoms with Crippen molar-refractivity contribution < 1.29 is 14.7 Å². The molecule has 0 saturated heterocycles. The average molecular weight is 262 g/mol. The van der Waals surface area contributed by atoms with Gasteiger partial charge in [0.15, 0.2) is 0 Å². The zero-order valence-electron chi connectivity index (χ0n) is 11.1. The number of carboxylic acid groups (broad SMARTS) is 1. The summed E-state index contributed by atoms with van der Waals surface area (Å²) in [4.78, 5) is 25.5. The number of hydrogen-bond acceptors (Lipinski definition) is 3. The summed E-state index contributed by atoms with van der Waals surface area (Å²) < 4.78 is 0. The molecule has 0 spiro atoms. The van der Waals surface area contributed by atoms with Crippen molar-refractivity contribution in [1.29, 1.82) is 0 Å². The largest absolute Gasteiger partial charge is 0.550 e. The van der Waals surface area contributed by atoms with Crippen molar-refractivity contribution in [2.24, 2.45) is 23.7 Å². The summed E-state index contributed by atoms with van der Waals surface area (Å²) in [6.45, 7) is 8.13. The molecular formula is C15H20NO3-. The van der Waals surface area contributed by atoms with Crippen LogP contribution in [0.3, 0.4) is 0 Å². The minimum absolute atomic E-state index is 0.0822. The van der Waals surface area contributed by atoms with E-state index in [1.807, 2.05) is 0 Å². The lowest BCUT2D eigenvalue weighted by Gasteiger charge is -2.34. The van der Waals surface area contributed by atoms with Gasteiger partial charge in [-0.25, -0.2) is 0 Å². The predicted octanol–water partition coefficient (Wildman–Crippen LogP) is 0.599. The summed E-state index contributed by atoms with van der Waals surface area (Å²) in [7, 11) is 0. The molecule has 2 aliphatic carbocycles. The van der Waals surface area contributed by atoms with Crippen LogP contribution in [0.4, 0.5) is 0 Å². The first-order chi connectivity index (χ1) is 9.10. The lowest BCUT2D eigenvalue weighted by Crippen LogP contribution is -2.47. The van der Waals surface area contributed by atoms with Crippen molar-refractivity contribution in [1.82, 2.24) is 4.90 Å². The van der Waals surface area contributed by atoms with Crippen LogP contribution in [0.2, 0.25) is 0 Å². The molecule has 0 heterocycles. The van der Waals surface area contributed by atoms with Gasteiger partial charge in [0.2, 0.25) is 5.91 Å². The monoisotopic (exact) mass is 262 g/mol. The van der Waals surface area contributed by atoms with Crippen molar-refractivity contribution in [2.75, 3.05) is 13.1 Å². The van der Waals surface area contributed by atoms with Gasteiger partial charge in [0.25, 0.3) is 0 Å². The van der Waals surface area contributed by atoms with E-state index in [9.17, 15) is 14.7 Å². The molecule has 2 bridgehead atoms. The quantitative estimate of drug-likeness (QED) is 0.659. The third-order valence-electron chi connectivity index (χ3n) is 4.48. The van der Waals surface area contributed by atoms with E-state index < -0.39 is 17.8 Å². The Morgan fingerprint density at radius 2 is 1.63 bits per heavy atom. The Morgan fingerprint density at radius 3 is 2.11 bits per heavy atom. The SMILES string of the molecule is C=CCN(CC=C)C(=O)C1C2CCC(C2)C1C(=O)[O-]. The summed E-state index contributed by atoms with van der Waals surface area (Å²) >= 11 is 0. The topological polar surface area (TPSA) is 60.4 Å². The number of nitrogens with zero attached hydrogens (tertiary/aromatic N) is 1. The third kappa shape index (κ3) is 2.44. The number of carbonyl (C=O) groups excluding carboxylic acids is 2. The standard InChI is InChI=1S/C15H21NO3/c1-3-7-16(8-4-2)14(17)12-10-5-6-11(9-10)13(12)15(18)19/h3-4,10-13H,1-2,5-9H2,(H,18,19)/p-1. The molecule has 0 aliphatic heterocycles. The van der Waals surface area contributed by atoms with Crippen LogP contribution in [-0.2, 0) is 9.59 Å². The lowest BCUT2D eigenvalue weighted by atomic mass is 9.78. The number of carbonyl (C=O) groups is 2. The van der Waals surface area contributed by atoms with Gasteiger partial charge in [0, 0.05) is 30.9 Å². The van der Waals surface area contributed by atoms with E-state index in [1.54, 1.807) is 17.1 Å². The molecule has 4 heteroatoms. The van der Waals surface area contributed by atoms with E-state index in [2.05, 4.69) is 13.2 Å². The fraction of sp³-hybridized carbons (Fsp3) is 0.600. The van der Waals surface area contributed by atoms with Crippen molar-refractivity contribution in [2.45, 2.75) is 19.3 Å². The molecule has 4 unspecified atom stereocenters. The maximum Gasteiger partial charge on any atom is 0.227 e. The van der Waals surface area contributed by atoms with Gasteiger partial charge in [0.05, 0.1) is 0 Å². The molecule has 0 aromatic rings. The molecule has 4 atom stereocenters. The van der Waals surface area contributed by atoms with Crippen molar-refractivity contribution in [3.8, 4) is 0 Å². The second-order valence-electron chi connectivity index (χ2n) is 5.52. The number of fused-ring (bicyclic) bond motifs is 2. The first kappa shape index (κ1) is 13.8. The van der Waals surface area contributed by atoms with Gasteiger partial charge in [-0.3, -0.25) is 4.79 Å². The second kappa shape index (κ2) is 5.59. The minimum atomic E-state index is -1.07. The molecule has 2 rings (SSSR count). The molecule has 0 radical (unpaired) electrons. The van der Waals surface area contributed by atoms with E-state index in [-0.39, 0.29) is 17.7 Å². The highest BCUT2D eigenvalue weighted by Gasteiger charge is 2.52. The Kier molecular flexibility index (Phi) is 4.08. The fourth-order valence-corrected chi connectivity index (χ4v) is 3.76. The van der Waals surface area contributed by atoms with Gasteiger partial charge in [-0.1, -0.05) is 12.2 Å². The van der Waals surface area contributed by atoms with Crippen LogP contribution in [0.15, 0.2) is 25.3 Å². The van der Waals surface area contributed by atoms with Gasteiger partial charge in [-0.15, -0.1) is 13.2 Å². The van der Waals surface area contributed by atoms with Crippen LogP contribution in [0.25, 0.3) is 0 Å². The number of hydrogen-bond donors (Lipinski definition) is 0. The molecule has 0 aromatic heterocycles. The second-order valence-corrected chi connectivity index (χ2v) is 5.52. The number of rotatable bonds is 6. The highest BCUT2D eigenvalue weighted by Crippen LogP contribution is 2.52. The Morgan fingerprint density at radius 1 is 1.11 bits per heavy atom. The highest BCUT2D eigenvalue weighted by molar-refractivity contribution is 5.85. The summed E-state index contributed by atoms with van der Waals surface area (Å²) in [5.41, 5.74) is 0. The number of amides is 1. The van der Waals surface area contributed by atoms with Crippen LogP contribution < -0.4 is 5.11 Å². The van der Waals surface area contributed by atoms with Crippen LogP contribution in [0.1, 0.15) is 19.3 Å². The summed E-state index contributed by atoms with van der Waals surface area (Å²) in [6, 6.07) is 0. The maximum atomic E-state index is 12.6. The molecule has 2 saturated carbocycles. The van der Waals surface area contributed by atoms with Gasteiger partial charge in [-0.2, -0.15) is 0 Å². The van der Waals surface area contributed by atoms with Crippen LogP contribution >= 0.6 is 0 Å². The molecule has 0 aromatic carbocycles. The van der Waals surface area contributed by atoms with Crippen molar-refractivity contribution >= 4 is 11.9 Å². The zero-order valence-corrected chi connectivity index (χ0v) is 11.1. The van der Waals surface area contributed by atoms with E-state index >= 15 is 0 Å². The van der Waals surface area contributed by atoms with Gasteiger partial charge < -0.3 is 14.8 Å². The van der Waals surface area contributed by atoms with Crippen LogP contribution in [0, 0.1) is 23.7 Å².